The topological polar surface area (TPSA) is 59.5 Å². The first-order valence-corrected chi connectivity index (χ1v) is 14.2. The molecule has 7 heteroatoms. The molecule has 5 nitrogen and oxygen atoms in total. The first-order valence-electron chi connectivity index (χ1n) is 13.3. The van der Waals surface area contributed by atoms with Crippen LogP contribution in [0.2, 0.25) is 0 Å². The van der Waals surface area contributed by atoms with Crippen molar-refractivity contribution in [2.45, 2.75) is 51.1 Å². The quantitative estimate of drug-likeness (QED) is 0.300. The molecule has 1 heterocycles. The van der Waals surface area contributed by atoms with Crippen LogP contribution in [0.25, 0.3) is 11.3 Å². The largest absolute Gasteiger partial charge is 1.00 e. The summed E-state index contributed by atoms with van der Waals surface area (Å²) in [7, 11) is 4.14. The molecule has 196 valence electrons. The van der Waals surface area contributed by atoms with Crippen LogP contribution in [0.15, 0.2) is 78.2 Å². The summed E-state index contributed by atoms with van der Waals surface area (Å²) in [4.78, 5) is 20.2. The molecule has 0 atom stereocenters. The van der Waals surface area contributed by atoms with Gasteiger partial charge in [-0.25, -0.2) is 4.98 Å². The van der Waals surface area contributed by atoms with Crippen molar-refractivity contribution in [2.24, 2.45) is 0 Å². The molecule has 1 saturated carbocycles. The molecule has 1 aliphatic carbocycles. The molecule has 39 heavy (non-hydrogen) atoms. The average molecular weight is 548 g/mol. The molecule has 0 spiro atoms. The van der Waals surface area contributed by atoms with Crippen LogP contribution in [0.4, 0.5) is 10.8 Å². The zero-order valence-electron chi connectivity index (χ0n) is 23.1. The molecule has 0 unspecified atom stereocenters. The summed E-state index contributed by atoms with van der Waals surface area (Å²) in [5.74, 6) is -0.417. The van der Waals surface area contributed by atoms with E-state index in [2.05, 4.69) is 70.8 Å². The van der Waals surface area contributed by atoms with Crippen molar-refractivity contribution in [3.8, 4) is 11.3 Å². The Labute approximate surface area is 257 Å². The second-order valence-electron chi connectivity index (χ2n) is 10.3. The maximum atomic E-state index is 11.0. The fourth-order valence-corrected chi connectivity index (χ4v) is 6.06. The second kappa shape index (κ2) is 13.6. The van der Waals surface area contributed by atoms with Crippen LogP contribution in [-0.4, -0.2) is 25.0 Å². The third kappa shape index (κ3) is 7.52. The number of thiazole rings is 1. The number of anilines is 2. The van der Waals surface area contributed by atoms with E-state index in [0.29, 0.717) is 6.54 Å². The SMILES string of the molecule is CN(Cc1ccc(C2CCCCC2)cc1)c1cccc(-c2csc(N(C)Cc3ccc(C(=O)[O-])cc3)n2)c1.[Na+]. The van der Waals surface area contributed by atoms with Gasteiger partial charge in [0.1, 0.15) is 0 Å². The first kappa shape index (κ1) is 29.3. The zero-order valence-corrected chi connectivity index (χ0v) is 25.9. The van der Waals surface area contributed by atoms with Gasteiger partial charge in [0, 0.05) is 43.8 Å². The van der Waals surface area contributed by atoms with Gasteiger partial charge >= 0.3 is 29.6 Å². The minimum atomic E-state index is -1.16. The maximum absolute atomic E-state index is 11.0. The number of aromatic nitrogens is 1. The molecular formula is C32H34N3NaO2S. The van der Waals surface area contributed by atoms with Crippen molar-refractivity contribution in [3.63, 3.8) is 0 Å². The minimum absolute atomic E-state index is 0. The number of benzene rings is 3. The molecular weight excluding hydrogens is 513 g/mol. The van der Waals surface area contributed by atoms with Crippen molar-refractivity contribution in [2.75, 3.05) is 23.9 Å². The Bertz CT molecular complexity index is 1360. The summed E-state index contributed by atoms with van der Waals surface area (Å²) >= 11 is 1.61. The van der Waals surface area contributed by atoms with Crippen LogP contribution in [0.5, 0.6) is 0 Å². The van der Waals surface area contributed by atoms with E-state index in [4.69, 9.17) is 4.98 Å². The standard InChI is InChI=1S/C32H35N3O2S.Na/c1-34(20-23-11-15-26(16-12-23)25-7-4-3-5-8-25)29-10-6-9-28(19-29)30-22-38-32(33-30)35(2)21-24-13-17-27(18-14-24)31(36)37;/h6,9-19,22,25H,3-5,7-8,20-21H2,1-2H3,(H,36,37);/q;+1/p-1. The van der Waals surface area contributed by atoms with E-state index in [1.165, 1.54) is 43.2 Å². The normalized spacial score (nSPS) is 13.5. The van der Waals surface area contributed by atoms with Gasteiger partial charge in [-0.15, -0.1) is 11.3 Å². The molecule has 0 amide bonds. The van der Waals surface area contributed by atoms with Crippen molar-refractivity contribution >= 4 is 28.1 Å². The Morgan fingerprint density at radius 3 is 2.21 bits per heavy atom. The predicted molar refractivity (Wildman–Crippen MR) is 155 cm³/mol. The number of carboxylic acid groups (broad SMARTS) is 1. The molecule has 0 bridgehead atoms. The number of hydrogen-bond acceptors (Lipinski definition) is 6. The van der Waals surface area contributed by atoms with Crippen LogP contribution >= 0.6 is 11.3 Å². The van der Waals surface area contributed by atoms with Crippen molar-refractivity contribution in [1.29, 1.82) is 0 Å². The zero-order chi connectivity index (χ0) is 26.5. The van der Waals surface area contributed by atoms with E-state index < -0.39 is 5.97 Å². The number of carbonyl (C=O) groups excluding carboxylic acids is 1. The summed E-state index contributed by atoms with van der Waals surface area (Å²) in [6.07, 6.45) is 6.78. The van der Waals surface area contributed by atoms with Crippen LogP contribution in [0.3, 0.4) is 0 Å². The number of nitrogens with zero attached hydrogens (tertiary/aromatic N) is 3. The maximum Gasteiger partial charge on any atom is 1.00 e. The molecule has 0 N–H and O–H groups in total. The summed E-state index contributed by atoms with van der Waals surface area (Å²) in [5, 5.41) is 14.0. The molecule has 1 aliphatic rings. The van der Waals surface area contributed by atoms with E-state index in [-0.39, 0.29) is 35.1 Å². The summed E-state index contributed by atoms with van der Waals surface area (Å²) in [6.45, 7) is 1.50. The van der Waals surface area contributed by atoms with Gasteiger partial charge in [0.2, 0.25) is 0 Å². The van der Waals surface area contributed by atoms with E-state index >= 15 is 0 Å². The predicted octanol–water partition coefficient (Wildman–Crippen LogP) is 3.50. The Balaban J connectivity index is 0.00000353. The Kier molecular flexibility index (Phi) is 10.2. The summed E-state index contributed by atoms with van der Waals surface area (Å²) in [5.41, 5.74) is 7.24. The van der Waals surface area contributed by atoms with Gasteiger partial charge < -0.3 is 19.7 Å². The molecule has 4 aromatic rings. The van der Waals surface area contributed by atoms with Gasteiger partial charge in [-0.1, -0.05) is 79.9 Å². The number of hydrogen-bond donors (Lipinski definition) is 0. The molecule has 0 saturated heterocycles. The van der Waals surface area contributed by atoms with E-state index in [0.717, 1.165) is 40.1 Å². The second-order valence-corrected chi connectivity index (χ2v) is 11.2. The molecule has 5 rings (SSSR count). The number of carbonyl (C=O) groups is 1. The van der Waals surface area contributed by atoms with E-state index in [9.17, 15) is 9.90 Å². The fourth-order valence-electron chi connectivity index (χ4n) is 5.26. The third-order valence-electron chi connectivity index (χ3n) is 7.49. The van der Waals surface area contributed by atoms with E-state index in [1.807, 2.05) is 19.2 Å². The van der Waals surface area contributed by atoms with Crippen LogP contribution in [-0.2, 0) is 13.1 Å². The van der Waals surface area contributed by atoms with Gasteiger partial charge in [-0.05, 0) is 53.1 Å². The molecule has 3 aromatic carbocycles. The first-order chi connectivity index (χ1) is 18.5. The monoisotopic (exact) mass is 547 g/mol. The Morgan fingerprint density at radius 2 is 1.54 bits per heavy atom. The Morgan fingerprint density at radius 1 is 0.897 bits per heavy atom. The molecule has 1 aromatic heterocycles. The van der Waals surface area contributed by atoms with Crippen LogP contribution < -0.4 is 44.5 Å². The number of rotatable bonds is 9. The Hall–Kier alpha value is -2.64. The van der Waals surface area contributed by atoms with Gasteiger partial charge in [-0.2, -0.15) is 0 Å². The van der Waals surface area contributed by atoms with Gasteiger partial charge in [-0.3, -0.25) is 0 Å². The smallest absolute Gasteiger partial charge is 0.545 e. The summed E-state index contributed by atoms with van der Waals surface area (Å²) in [6, 6.07) is 24.6. The summed E-state index contributed by atoms with van der Waals surface area (Å²) < 4.78 is 0. The average Bonchev–Trinajstić information content (AvgIpc) is 3.45. The van der Waals surface area contributed by atoms with Crippen LogP contribution in [0.1, 0.15) is 65.1 Å². The van der Waals surface area contributed by atoms with Gasteiger partial charge in [0.25, 0.3) is 0 Å². The number of aromatic carboxylic acids is 1. The van der Waals surface area contributed by atoms with Crippen molar-refractivity contribution in [1.82, 2.24) is 4.98 Å². The van der Waals surface area contributed by atoms with Gasteiger partial charge in [0.05, 0.1) is 11.7 Å². The fraction of sp³-hybridized carbons (Fsp3) is 0.312. The molecule has 0 aliphatic heterocycles. The van der Waals surface area contributed by atoms with E-state index in [1.54, 1.807) is 23.5 Å². The van der Waals surface area contributed by atoms with Crippen LogP contribution in [0, 0.1) is 0 Å². The van der Waals surface area contributed by atoms with Gasteiger partial charge in [0.15, 0.2) is 5.13 Å². The van der Waals surface area contributed by atoms with Crippen molar-refractivity contribution in [3.05, 3.63) is 100 Å². The number of carboxylic acids is 1. The molecule has 0 radical (unpaired) electrons. The minimum Gasteiger partial charge on any atom is -0.545 e. The third-order valence-corrected chi connectivity index (χ3v) is 8.44. The molecule has 1 fully saturated rings. The van der Waals surface area contributed by atoms with Crippen molar-refractivity contribution < 1.29 is 39.5 Å².